The van der Waals surface area contributed by atoms with Crippen molar-refractivity contribution >= 4 is 16.1 Å². The minimum Gasteiger partial charge on any atom is -0.385 e. The van der Waals surface area contributed by atoms with Gasteiger partial charge in [-0.1, -0.05) is 0 Å². The number of ether oxygens (including phenoxy) is 1. The number of methoxy groups -OCH3 is 1. The van der Waals surface area contributed by atoms with E-state index in [4.69, 9.17) is 4.74 Å². The third-order valence-corrected chi connectivity index (χ3v) is 4.37. The number of amides is 2. The van der Waals surface area contributed by atoms with Crippen LogP contribution in [0.15, 0.2) is 0 Å². The number of rotatable bonds is 6. The van der Waals surface area contributed by atoms with E-state index >= 15 is 0 Å². The molecule has 0 aromatic carbocycles. The molecule has 0 radical (unpaired) electrons. The van der Waals surface area contributed by atoms with Crippen LogP contribution in [0.3, 0.4) is 0 Å². The Balaban J connectivity index is 2.20. The molecular weight excluding hydrogens is 270 g/mol. The van der Waals surface area contributed by atoms with Crippen LogP contribution < -0.4 is 10.6 Å². The number of piperidine rings is 1. The number of hydrogen-bond acceptors (Lipinski definition) is 4. The summed E-state index contributed by atoms with van der Waals surface area (Å²) in [5.41, 5.74) is 0. The summed E-state index contributed by atoms with van der Waals surface area (Å²) < 4.78 is 29.0. The van der Waals surface area contributed by atoms with Gasteiger partial charge in [-0.25, -0.2) is 17.5 Å². The van der Waals surface area contributed by atoms with Crippen LogP contribution >= 0.6 is 0 Å². The summed E-state index contributed by atoms with van der Waals surface area (Å²) in [6.45, 7) is 2.12. The molecule has 0 aromatic rings. The summed E-state index contributed by atoms with van der Waals surface area (Å²) in [7, 11) is -1.49. The topological polar surface area (TPSA) is 87.7 Å². The molecule has 1 aliphatic heterocycles. The predicted molar refractivity (Wildman–Crippen MR) is 72.5 cm³/mol. The van der Waals surface area contributed by atoms with Crippen LogP contribution in [-0.2, 0) is 14.8 Å². The maximum atomic E-state index is 11.6. The molecule has 1 heterocycles. The van der Waals surface area contributed by atoms with Gasteiger partial charge in [-0.3, -0.25) is 0 Å². The molecule has 7 nitrogen and oxygen atoms in total. The third-order valence-electron chi connectivity index (χ3n) is 3.07. The highest BCUT2D eigenvalue weighted by Gasteiger charge is 2.25. The van der Waals surface area contributed by atoms with E-state index in [2.05, 4.69) is 10.6 Å². The molecule has 0 bridgehead atoms. The Morgan fingerprint density at radius 3 is 2.53 bits per heavy atom. The van der Waals surface area contributed by atoms with Crippen LogP contribution in [0.25, 0.3) is 0 Å². The second-order valence-corrected chi connectivity index (χ2v) is 6.67. The lowest BCUT2D eigenvalue weighted by molar-refractivity contribution is 0.192. The summed E-state index contributed by atoms with van der Waals surface area (Å²) in [4.78, 5) is 11.6. The van der Waals surface area contributed by atoms with Crippen molar-refractivity contribution in [3.8, 4) is 0 Å². The van der Waals surface area contributed by atoms with Gasteiger partial charge in [0.15, 0.2) is 0 Å². The molecule has 1 aliphatic rings. The number of sulfonamides is 1. The average molecular weight is 293 g/mol. The Morgan fingerprint density at radius 1 is 1.37 bits per heavy atom. The Bertz CT molecular complexity index is 377. The van der Waals surface area contributed by atoms with Gasteiger partial charge in [0, 0.05) is 39.4 Å². The van der Waals surface area contributed by atoms with Crippen LogP contribution in [0.1, 0.15) is 19.3 Å². The highest BCUT2D eigenvalue weighted by atomic mass is 32.2. The highest BCUT2D eigenvalue weighted by Crippen LogP contribution is 2.12. The zero-order chi connectivity index (χ0) is 14.3. The average Bonchev–Trinajstić information content (AvgIpc) is 2.34. The smallest absolute Gasteiger partial charge is 0.315 e. The monoisotopic (exact) mass is 293 g/mol. The van der Waals surface area contributed by atoms with Gasteiger partial charge < -0.3 is 15.4 Å². The van der Waals surface area contributed by atoms with Gasteiger partial charge in [0.05, 0.1) is 6.26 Å². The first kappa shape index (κ1) is 16.2. The second kappa shape index (κ2) is 7.66. The minimum atomic E-state index is -3.11. The van der Waals surface area contributed by atoms with E-state index in [9.17, 15) is 13.2 Å². The van der Waals surface area contributed by atoms with Gasteiger partial charge in [0.2, 0.25) is 10.0 Å². The molecule has 0 unspecified atom stereocenters. The lowest BCUT2D eigenvalue weighted by Gasteiger charge is -2.30. The highest BCUT2D eigenvalue weighted by molar-refractivity contribution is 7.88. The van der Waals surface area contributed by atoms with Gasteiger partial charge in [-0.15, -0.1) is 0 Å². The molecule has 0 aliphatic carbocycles. The van der Waals surface area contributed by atoms with E-state index in [1.165, 1.54) is 10.6 Å². The Hall–Kier alpha value is -0.860. The van der Waals surface area contributed by atoms with Crippen molar-refractivity contribution in [3.63, 3.8) is 0 Å². The lowest BCUT2D eigenvalue weighted by Crippen LogP contribution is -2.49. The fraction of sp³-hybridized carbons (Fsp3) is 0.909. The Kier molecular flexibility index (Phi) is 6.53. The van der Waals surface area contributed by atoms with E-state index in [1.54, 1.807) is 7.11 Å². The zero-order valence-electron chi connectivity index (χ0n) is 11.5. The Labute approximate surface area is 114 Å². The molecule has 19 heavy (non-hydrogen) atoms. The van der Waals surface area contributed by atoms with Gasteiger partial charge in [-0.2, -0.15) is 0 Å². The van der Waals surface area contributed by atoms with Gasteiger partial charge in [0.25, 0.3) is 0 Å². The van der Waals surface area contributed by atoms with E-state index in [0.717, 1.165) is 6.42 Å². The largest absolute Gasteiger partial charge is 0.385 e. The fourth-order valence-corrected chi connectivity index (χ4v) is 2.86. The van der Waals surface area contributed by atoms with Gasteiger partial charge in [0.1, 0.15) is 0 Å². The van der Waals surface area contributed by atoms with E-state index in [1.807, 2.05) is 0 Å². The van der Waals surface area contributed by atoms with Crippen molar-refractivity contribution < 1.29 is 17.9 Å². The molecule has 8 heteroatoms. The summed E-state index contributed by atoms with van der Waals surface area (Å²) >= 11 is 0. The normalized spacial score (nSPS) is 18.2. The predicted octanol–water partition coefficient (Wildman–Crippen LogP) is -0.254. The summed E-state index contributed by atoms with van der Waals surface area (Å²) in [5.74, 6) is 0. The first-order valence-electron chi connectivity index (χ1n) is 6.42. The lowest BCUT2D eigenvalue weighted by atomic mass is 10.1. The molecule has 112 valence electrons. The number of hydrogen-bond donors (Lipinski definition) is 2. The molecule has 2 N–H and O–H groups in total. The van der Waals surface area contributed by atoms with E-state index in [-0.39, 0.29) is 12.1 Å². The molecule has 1 saturated heterocycles. The third kappa shape index (κ3) is 6.22. The van der Waals surface area contributed by atoms with Crippen LogP contribution in [0.2, 0.25) is 0 Å². The van der Waals surface area contributed by atoms with Crippen molar-refractivity contribution in [3.05, 3.63) is 0 Å². The van der Waals surface area contributed by atoms with Gasteiger partial charge >= 0.3 is 6.03 Å². The first-order valence-corrected chi connectivity index (χ1v) is 8.26. The van der Waals surface area contributed by atoms with Crippen LogP contribution in [0.4, 0.5) is 4.79 Å². The van der Waals surface area contributed by atoms with Crippen LogP contribution in [0.5, 0.6) is 0 Å². The van der Waals surface area contributed by atoms with E-state index < -0.39 is 10.0 Å². The maximum Gasteiger partial charge on any atom is 0.315 e. The summed E-state index contributed by atoms with van der Waals surface area (Å²) in [5, 5.41) is 5.60. The number of nitrogens with zero attached hydrogens (tertiary/aromatic N) is 1. The SMILES string of the molecule is COCCCNC(=O)NC1CCN(S(C)(=O)=O)CC1. The molecule has 0 atom stereocenters. The quantitative estimate of drug-likeness (QED) is 0.661. The molecule has 1 rings (SSSR count). The second-order valence-electron chi connectivity index (χ2n) is 4.68. The van der Waals surface area contributed by atoms with Crippen LogP contribution in [-0.4, -0.2) is 64.4 Å². The first-order chi connectivity index (χ1) is 8.93. The molecule has 0 spiro atoms. The maximum absolute atomic E-state index is 11.6. The van der Waals surface area contributed by atoms with E-state index in [0.29, 0.717) is 39.1 Å². The number of carbonyl (C=O) groups is 1. The minimum absolute atomic E-state index is 0.0421. The van der Waals surface area contributed by atoms with Crippen molar-refractivity contribution in [2.75, 3.05) is 39.6 Å². The van der Waals surface area contributed by atoms with Gasteiger partial charge in [-0.05, 0) is 19.3 Å². The zero-order valence-corrected chi connectivity index (χ0v) is 12.3. The number of urea groups is 1. The molecule has 1 fully saturated rings. The molecule has 2 amide bonds. The Morgan fingerprint density at radius 2 is 2.00 bits per heavy atom. The summed E-state index contributed by atoms with van der Waals surface area (Å²) in [6, 6.07) is -0.158. The molecular formula is C11H23N3O4S. The van der Waals surface area contributed by atoms with Crippen molar-refractivity contribution in [1.29, 1.82) is 0 Å². The van der Waals surface area contributed by atoms with Crippen molar-refractivity contribution in [1.82, 2.24) is 14.9 Å². The molecule has 0 aromatic heterocycles. The van der Waals surface area contributed by atoms with Crippen LogP contribution in [0, 0.1) is 0 Å². The molecule has 0 saturated carbocycles. The number of carbonyl (C=O) groups excluding carboxylic acids is 1. The van der Waals surface area contributed by atoms with Crippen molar-refractivity contribution in [2.24, 2.45) is 0 Å². The number of nitrogens with one attached hydrogen (secondary N) is 2. The standard InChI is InChI=1S/C11H23N3O4S/c1-18-9-3-6-12-11(15)13-10-4-7-14(8-5-10)19(2,16)17/h10H,3-9H2,1-2H3,(H2,12,13,15). The van der Waals surface area contributed by atoms with Crippen molar-refractivity contribution in [2.45, 2.75) is 25.3 Å². The fourth-order valence-electron chi connectivity index (χ4n) is 1.99. The summed E-state index contributed by atoms with van der Waals surface area (Å²) in [6.07, 6.45) is 3.29.